The lowest BCUT2D eigenvalue weighted by atomic mass is 10.2. The Morgan fingerprint density at radius 1 is 1.23 bits per heavy atom. The molecular weight excluding hydrogens is 322 g/mol. The topological polar surface area (TPSA) is 71.6 Å². The van der Waals surface area contributed by atoms with E-state index in [0.717, 1.165) is 17.1 Å². The Morgan fingerprint density at radius 3 is 2.91 bits per heavy atom. The minimum absolute atomic E-state index is 0.220. The maximum atomic E-state index is 11.7. The average molecular weight is 335 g/mol. The fourth-order valence-corrected chi connectivity index (χ4v) is 2.60. The van der Waals surface area contributed by atoms with Crippen molar-refractivity contribution in [2.24, 2.45) is 0 Å². The first-order valence-electron chi connectivity index (χ1n) is 6.48. The Kier molecular flexibility index (Phi) is 4.40. The summed E-state index contributed by atoms with van der Waals surface area (Å²) in [6, 6.07) is 9.23. The lowest BCUT2D eigenvalue weighted by Gasteiger charge is -2.11. The number of hydrogen-bond acceptors (Lipinski definition) is 5. The van der Waals surface area contributed by atoms with E-state index in [0.29, 0.717) is 16.5 Å². The molecule has 0 spiro atoms. The van der Waals surface area contributed by atoms with E-state index in [1.54, 1.807) is 6.07 Å². The average Bonchev–Trinajstić information content (AvgIpc) is 3.20. The molecular formula is C14H13N3O3S2. The molecule has 1 aliphatic rings. The fraction of sp³-hybridized carbons (Fsp3) is 0.143. The van der Waals surface area contributed by atoms with Crippen molar-refractivity contribution in [3.8, 4) is 11.5 Å². The van der Waals surface area contributed by atoms with Crippen molar-refractivity contribution in [2.45, 2.75) is 6.54 Å². The van der Waals surface area contributed by atoms with E-state index in [2.05, 4.69) is 16.2 Å². The zero-order valence-corrected chi connectivity index (χ0v) is 13.1. The number of ether oxygens (including phenoxy) is 2. The quantitative estimate of drug-likeness (QED) is 0.587. The molecule has 114 valence electrons. The molecule has 2 heterocycles. The number of thiophene rings is 1. The van der Waals surface area contributed by atoms with Crippen LogP contribution in [0, 0.1) is 0 Å². The summed E-state index contributed by atoms with van der Waals surface area (Å²) in [5, 5.41) is 5.18. The minimum atomic E-state index is -0.220. The second kappa shape index (κ2) is 6.63. The lowest BCUT2D eigenvalue weighted by molar-refractivity contribution is 0.0948. The molecule has 0 bridgehead atoms. The van der Waals surface area contributed by atoms with Gasteiger partial charge in [-0.3, -0.25) is 15.6 Å². The molecule has 1 aromatic heterocycles. The molecule has 0 saturated carbocycles. The number of fused-ring (bicyclic) bond motifs is 1. The molecule has 0 aliphatic carbocycles. The molecule has 1 aromatic carbocycles. The highest BCUT2D eigenvalue weighted by molar-refractivity contribution is 7.80. The van der Waals surface area contributed by atoms with Gasteiger partial charge in [-0.2, -0.15) is 0 Å². The Hall–Kier alpha value is -2.32. The van der Waals surface area contributed by atoms with Crippen LogP contribution in [0.1, 0.15) is 15.2 Å². The number of thiocarbonyl (C=S) groups is 1. The molecule has 0 radical (unpaired) electrons. The van der Waals surface area contributed by atoms with Gasteiger partial charge < -0.3 is 14.8 Å². The first kappa shape index (κ1) is 14.6. The number of hydrogen-bond donors (Lipinski definition) is 3. The number of carbonyl (C=O) groups is 1. The van der Waals surface area contributed by atoms with Crippen LogP contribution in [-0.4, -0.2) is 17.8 Å². The van der Waals surface area contributed by atoms with Crippen molar-refractivity contribution >= 4 is 34.6 Å². The highest BCUT2D eigenvalue weighted by Gasteiger charge is 2.13. The van der Waals surface area contributed by atoms with Gasteiger partial charge in [0.05, 0.1) is 4.88 Å². The molecule has 2 aromatic rings. The van der Waals surface area contributed by atoms with Crippen LogP contribution >= 0.6 is 23.6 Å². The summed E-state index contributed by atoms with van der Waals surface area (Å²) in [5.41, 5.74) is 6.20. The van der Waals surface area contributed by atoms with Crippen LogP contribution in [0.3, 0.4) is 0 Å². The molecule has 0 unspecified atom stereocenters. The third kappa shape index (κ3) is 3.46. The summed E-state index contributed by atoms with van der Waals surface area (Å²) >= 11 is 6.47. The minimum Gasteiger partial charge on any atom is -0.454 e. The van der Waals surface area contributed by atoms with Gasteiger partial charge in [-0.05, 0) is 41.4 Å². The monoisotopic (exact) mass is 335 g/mol. The summed E-state index contributed by atoms with van der Waals surface area (Å²) in [6.07, 6.45) is 0. The van der Waals surface area contributed by atoms with E-state index in [-0.39, 0.29) is 12.7 Å². The van der Waals surface area contributed by atoms with E-state index in [1.807, 2.05) is 29.6 Å². The highest BCUT2D eigenvalue weighted by Crippen LogP contribution is 2.32. The van der Waals surface area contributed by atoms with Crippen LogP contribution in [-0.2, 0) is 6.54 Å². The predicted molar refractivity (Wildman–Crippen MR) is 86.9 cm³/mol. The highest BCUT2D eigenvalue weighted by atomic mass is 32.1. The largest absolute Gasteiger partial charge is 0.454 e. The molecule has 22 heavy (non-hydrogen) atoms. The summed E-state index contributed by atoms with van der Waals surface area (Å²) < 4.78 is 10.6. The third-order valence-corrected chi connectivity index (χ3v) is 4.04. The van der Waals surface area contributed by atoms with Crippen LogP contribution in [0.15, 0.2) is 35.7 Å². The molecule has 0 saturated heterocycles. The smallest absolute Gasteiger partial charge is 0.279 e. The third-order valence-electron chi connectivity index (χ3n) is 2.92. The molecule has 0 atom stereocenters. The Morgan fingerprint density at radius 2 is 2.09 bits per heavy atom. The maximum absolute atomic E-state index is 11.7. The van der Waals surface area contributed by atoms with E-state index in [1.165, 1.54) is 11.3 Å². The van der Waals surface area contributed by atoms with Gasteiger partial charge in [0.15, 0.2) is 16.6 Å². The number of rotatable bonds is 3. The van der Waals surface area contributed by atoms with Crippen LogP contribution < -0.4 is 25.6 Å². The summed E-state index contributed by atoms with van der Waals surface area (Å²) in [7, 11) is 0. The first-order valence-corrected chi connectivity index (χ1v) is 7.77. The van der Waals surface area contributed by atoms with Crippen LogP contribution in [0.4, 0.5) is 0 Å². The maximum Gasteiger partial charge on any atom is 0.279 e. The predicted octanol–water partition coefficient (Wildman–Crippen LogP) is 1.79. The summed E-state index contributed by atoms with van der Waals surface area (Å²) in [6.45, 7) is 0.762. The van der Waals surface area contributed by atoms with Gasteiger partial charge in [-0.25, -0.2) is 0 Å². The van der Waals surface area contributed by atoms with Gasteiger partial charge in [0.25, 0.3) is 5.91 Å². The lowest BCUT2D eigenvalue weighted by Crippen LogP contribution is -2.46. The Bertz CT molecular complexity index is 689. The fourth-order valence-electron chi connectivity index (χ4n) is 1.86. The van der Waals surface area contributed by atoms with Crippen molar-refractivity contribution in [3.05, 3.63) is 46.2 Å². The number of amides is 1. The Balaban J connectivity index is 1.45. The number of carbonyl (C=O) groups excluding carboxylic acids is 1. The molecule has 6 nitrogen and oxygen atoms in total. The number of nitrogens with one attached hydrogen (secondary N) is 3. The van der Waals surface area contributed by atoms with Crippen molar-refractivity contribution < 1.29 is 14.3 Å². The molecule has 0 fully saturated rings. The van der Waals surface area contributed by atoms with Crippen molar-refractivity contribution in [1.29, 1.82) is 0 Å². The van der Waals surface area contributed by atoms with Gasteiger partial charge >= 0.3 is 0 Å². The van der Waals surface area contributed by atoms with E-state index in [9.17, 15) is 4.79 Å². The standard InChI is InChI=1S/C14H13N3O3S2/c18-13(12-2-1-5-22-12)16-17-14(21)15-7-9-3-4-10-11(6-9)20-8-19-10/h1-6H,7-8H2,(H,16,18)(H2,15,17,21). The van der Waals surface area contributed by atoms with E-state index in [4.69, 9.17) is 21.7 Å². The molecule has 1 amide bonds. The van der Waals surface area contributed by atoms with Crippen LogP contribution in [0.2, 0.25) is 0 Å². The summed E-state index contributed by atoms with van der Waals surface area (Å²) in [4.78, 5) is 12.3. The second-order valence-electron chi connectivity index (χ2n) is 4.43. The van der Waals surface area contributed by atoms with Crippen LogP contribution in [0.25, 0.3) is 0 Å². The van der Waals surface area contributed by atoms with Crippen molar-refractivity contribution in [2.75, 3.05) is 6.79 Å². The number of hydrazine groups is 1. The van der Waals surface area contributed by atoms with Gasteiger partial charge in [0, 0.05) is 6.54 Å². The van der Waals surface area contributed by atoms with E-state index >= 15 is 0 Å². The van der Waals surface area contributed by atoms with Gasteiger partial charge in [-0.15, -0.1) is 11.3 Å². The Labute approximate surface area is 136 Å². The van der Waals surface area contributed by atoms with Gasteiger partial charge in [0.2, 0.25) is 6.79 Å². The zero-order chi connectivity index (χ0) is 15.4. The molecule has 3 N–H and O–H groups in total. The number of benzene rings is 1. The second-order valence-corrected chi connectivity index (χ2v) is 5.78. The zero-order valence-electron chi connectivity index (χ0n) is 11.4. The van der Waals surface area contributed by atoms with E-state index < -0.39 is 0 Å². The van der Waals surface area contributed by atoms with Crippen LogP contribution in [0.5, 0.6) is 11.5 Å². The SMILES string of the molecule is O=C(NNC(=S)NCc1ccc2c(c1)OCO2)c1cccs1. The molecule has 1 aliphatic heterocycles. The first-order chi connectivity index (χ1) is 10.7. The summed E-state index contributed by atoms with van der Waals surface area (Å²) in [5.74, 6) is 1.25. The van der Waals surface area contributed by atoms with Gasteiger partial charge in [0.1, 0.15) is 0 Å². The molecule has 3 rings (SSSR count). The molecule has 8 heteroatoms. The van der Waals surface area contributed by atoms with Crippen molar-refractivity contribution in [1.82, 2.24) is 16.2 Å². The van der Waals surface area contributed by atoms with Crippen molar-refractivity contribution in [3.63, 3.8) is 0 Å². The normalized spacial score (nSPS) is 11.8. The van der Waals surface area contributed by atoms with Gasteiger partial charge in [-0.1, -0.05) is 12.1 Å².